The van der Waals surface area contributed by atoms with Crippen molar-refractivity contribution in [3.05, 3.63) is 71.0 Å². The van der Waals surface area contributed by atoms with Crippen molar-refractivity contribution in [2.75, 3.05) is 5.32 Å². The Balaban J connectivity index is 2.06. The average molecular weight is 322 g/mol. The van der Waals surface area contributed by atoms with Crippen molar-refractivity contribution in [1.82, 2.24) is 0 Å². The zero-order chi connectivity index (χ0) is 17.4. The highest BCUT2D eigenvalue weighted by molar-refractivity contribution is 6.09. The second kappa shape index (κ2) is 8.64. The lowest BCUT2D eigenvalue weighted by molar-refractivity contribution is -0.112. The number of hydrogen-bond acceptors (Lipinski definition) is 2. The first-order valence-corrected chi connectivity index (χ1v) is 7.90. The molecule has 122 valence electrons. The molecule has 2 aromatic rings. The molecule has 0 saturated carbocycles. The molecule has 0 aliphatic heterocycles. The number of halogens is 1. The minimum absolute atomic E-state index is 0.0309. The average Bonchev–Trinajstić information content (AvgIpc) is 2.60. The molecule has 0 bridgehead atoms. The van der Waals surface area contributed by atoms with E-state index in [2.05, 4.69) is 12.2 Å². The topological polar surface area (TPSA) is 52.9 Å². The van der Waals surface area contributed by atoms with Gasteiger partial charge in [-0.25, -0.2) is 4.39 Å². The van der Waals surface area contributed by atoms with E-state index in [9.17, 15) is 14.4 Å². The molecule has 24 heavy (non-hydrogen) atoms. The first-order valence-electron chi connectivity index (χ1n) is 7.90. The maximum absolute atomic E-state index is 12.9. The van der Waals surface area contributed by atoms with Crippen LogP contribution in [0, 0.1) is 17.1 Å². The fourth-order valence-corrected chi connectivity index (χ4v) is 2.21. The largest absolute Gasteiger partial charge is 0.321 e. The van der Waals surface area contributed by atoms with Crippen LogP contribution in [0.4, 0.5) is 10.1 Å². The number of unbranched alkanes of at least 4 members (excludes halogenated alkanes) is 1. The van der Waals surface area contributed by atoms with Crippen LogP contribution in [0.15, 0.2) is 54.1 Å². The van der Waals surface area contributed by atoms with Gasteiger partial charge in [0.15, 0.2) is 0 Å². The summed E-state index contributed by atoms with van der Waals surface area (Å²) in [4.78, 5) is 12.2. The summed E-state index contributed by atoms with van der Waals surface area (Å²) in [5.41, 5.74) is 2.42. The van der Waals surface area contributed by atoms with Gasteiger partial charge in [0.2, 0.25) is 0 Å². The lowest BCUT2D eigenvalue weighted by atomic mass is 10.1. The van der Waals surface area contributed by atoms with Crippen LogP contribution in [0.3, 0.4) is 0 Å². The van der Waals surface area contributed by atoms with Gasteiger partial charge in [0.05, 0.1) is 0 Å². The molecule has 2 aromatic carbocycles. The van der Waals surface area contributed by atoms with E-state index in [-0.39, 0.29) is 11.4 Å². The van der Waals surface area contributed by atoms with E-state index in [0.29, 0.717) is 11.3 Å². The third-order valence-electron chi connectivity index (χ3n) is 3.58. The Morgan fingerprint density at radius 3 is 2.42 bits per heavy atom. The minimum Gasteiger partial charge on any atom is -0.321 e. The maximum Gasteiger partial charge on any atom is 0.266 e. The van der Waals surface area contributed by atoms with Gasteiger partial charge in [-0.1, -0.05) is 37.6 Å². The van der Waals surface area contributed by atoms with Crippen molar-refractivity contribution >= 4 is 17.7 Å². The molecule has 0 fully saturated rings. The summed E-state index contributed by atoms with van der Waals surface area (Å²) < 4.78 is 12.9. The molecule has 0 unspecified atom stereocenters. The number of anilines is 1. The number of nitrogens with zero attached hydrogens (tertiary/aromatic N) is 1. The molecule has 3 nitrogen and oxygen atoms in total. The Morgan fingerprint density at radius 2 is 1.83 bits per heavy atom. The molecule has 2 rings (SSSR count). The fourth-order valence-electron chi connectivity index (χ4n) is 2.21. The summed E-state index contributed by atoms with van der Waals surface area (Å²) in [5.74, 6) is -0.846. The standard InChI is InChI=1S/C20H19FN2O/c1-2-3-4-15-7-11-19(12-8-15)23-20(24)17(14-22)13-16-5-9-18(21)10-6-16/h5-13H,2-4H2,1H3,(H,23,24). The summed E-state index contributed by atoms with van der Waals surface area (Å²) in [5, 5.41) is 11.9. The molecule has 0 spiro atoms. The fraction of sp³-hybridized carbons (Fsp3) is 0.200. The molecular weight excluding hydrogens is 303 g/mol. The van der Waals surface area contributed by atoms with Crippen molar-refractivity contribution in [3.8, 4) is 6.07 Å². The highest BCUT2D eigenvalue weighted by Crippen LogP contribution is 2.14. The molecule has 0 aromatic heterocycles. The monoisotopic (exact) mass is 322 g/mol. The molecule has 0 aliphatic rings. The zero-order valence-corrected chi connectivity index (χ0v) is 13.6. The Morgan fingerprint density at radius 1 is 1.17 bits per heavy atom. The van der Waals surface area contributed by atoms with Crippen molar-refractivity contribution in [1.29, 1.82) is 5.26 Å². The Kier molecular flexibility index (Phi) is 6.27. The lowest BCUT2D eigenvalue weighted by Crippen LogP contribution is -2.13. The third kappa shape index (κ3) is 5.06. The number of rotatable bonds is 6. The van der Waals surface area contributed by atoms with Gasteiger partial charge in [-0.3, -0.25) is 4.79 Å². The first-order chi connectivity index (χ1) is 11.6. The quantitative estimate of drug-likeness (QED) is 0.618. The van der Waals surface area contributed by atoms with Gasteiger partial charge in [0.1, 0.15) is 17.5 Å². The van der Waals surface area contributed by atoms with Crippen molar-refractivity contribution in [3.63, 3.8) is 0 Å². The molecule has 0 aliphatic carbocycles. The highest BCUT2D eigenvalue weighted by atomic mass is 19.1. The van der Waals surface area contributed by atoms with Crippen molar-refractivity contribution in [2.45, 2.75) is 26.2 Å². The summed E-state index contributed by atoms with van der Waals surface area (Å²) >= 11 is 0. The summed E-state index contributed by atoms with van der Waals surface area (Å²) in [6, 6.07) is 15.1. The third-order valence-corrected chi connectivity index (χ3v) is 3.58. The summed E-state index contributed by atoms with van der Waals surface area (Å²) in [7, 11) is 0. The Hall–Kier alpha value is -2.93. The molecular formula is C20H19FN2O. The minimum atomic E-state index is -0.483. The predicted octanol–water partition coefficient (Wildman–Crippen LogP) is 4.71. The van der Waals surface area contributed by atoms with Crippen molar-refractivity contribution < 1.29 is 9.18 Å². The van der Waals surface area contributed by atoms with Gasteiger partial charge in [-0.15, -0.1) is 0 Å². The molecule has 0 heterocycles. The number of carbonyl (C=O) groups is 1. The number of hydrogen-bond donors (Lipinski definition) is 1. The van der Waals surface area contributed by atoms with Gasteiger partial charge >= 0.3 is 0 Å². The number of nitriles is 1. The maximum atomic E-state index is 12.9. The Bertz CT molecular complexity index is 756. The summed E-state index contributed by atoms with van der Waals surface area (Å²) in [6.07, 6.45) is 4.71. The number of carbonyl (C=O) groups excluding carboxylic acids is 1. The number of amides is 1. The van der Waals surface area contributed by atoms with E-state index in [1.807, 2.05) is 30.3 Å². The molecule has 0 atom stereocenters. The lowest BCUT2D eigenvalue weighted by Gasteiger charge is -2.06. The van der Waals surface area contributed by atoms with E-state index < -0.39 is 5.91 Å². The smallest absolute Gasteiger partial charge is 0.266 e. The number of aryl methyl sites for hydroxylation is 1. The molecule has 0 radical (unpaired) electrons. The van der Waals surface area contributed by atoms with Crippen LogP contribution in [-0.4, -0.2) is 5.91 Å². The van der Waals surface area contributed by atoms with Crippen LogP contribution in [0.5, 0.6) is 0 Å². The second-order valence-corrected chi connectivity index (χ2v) is 5.48. The SMILES string of the molecule is CCCCc1ccc(NC(=O)C(C#N)=Cc2ccc(F)cc2)cc1. The van der Waals surface area contributed by atoms with Gasteiger partial charge in [-0.2, -0.15) is 5.26 Å². The van der Waals surface area contributed by atoms with E-state index >= 15 is 0 Å². The van der Waals surface area contributed by atoms with Gasteiger partial charge in [-0.05, 0) is 54.3 Å². The van der Waals surface area contributed by atoms with E-state index in [1.165, 1.54) is 35.9 Å². The second-order valence-electron chi connectivity index (χ2n) is 5.48. The van der Waals surface area contributed by atoms with Gasteiger partial charge in [0.25, 0.3) is 5.91 Å². The zero-order valence-electron chi connectivity index (χ0n) is 13.6. The van der Waals surface area contributed by atoms with E-state index in [1.54, 1.807) is 0 Å². The van der Waals surface area contributed by atoms with Crippen LogP contribution in [-0.2, 0) is 11.2 Å². The first kappa shape index (κ1) is 17.4. The van der Waals surface area contributed by atoms with Crippen molar-refractivity contribution in [2.24, 2.45) is 0 Å². The van der Waals surface area contributed by atoms with E-state index in [4.69, 9.17) is 0 Å². The number of benzene rings is 2. The van der Waals surface area contributed by atoms with E-state index in [0.717, 1.165) is 19.3 Å². The van der Waals surface area contributed by atoms with Crippen LogP contribution in [0.25, 0.3) is 6.08 Å². The molecule has 0 saturated heterocycles. The van der Waals surface area contributed by atoms with Crippen LogP contribution < -0.4 is 5.32 Å². The molecule has 1 amide bonds. The Labute approximate surface area is 141 Å². The highest BCUT2D eigenvalue weighted by Gasteiger charge is 2.09. The molecule has 4 heteroatoms. The van der Waals surface area contributed by atoms with Crippen LogP contribution >= 0.6 is 0 Å². The van der Waals surface area contributed by atoms with Gasteiger partial charge < -0.3 is 5.32 Å². The van der Waals surface area contributed by atoms with Gasteiger partial charge in [0, 0.05) is 5.69 Å². The number of nitrogens with one attached hydrogen (secondary N) is 1. The molecule has 1 N–H and O–H groups in total. The normalized spacial score (nSPS) is 11.0. The predicted molar refractivity (Wildman–Crippen MR) is 93.7 cm³/mol. The van der Waals surface area contributed by atoms with Crippen LogP contribution in [0.1, 0.15) is 30.9 Å². The summed E-state index contributed by atoms with van der Waals surface area (Å²) in [6.45, 7) is 2.14. The van der Waals surface area contributed by atoms with Crippen LogP contribution in [0.2, 0.25) is 0 Å².